The van der Waals surface area contributed by atoms with E-state index in [1.807, 2.05) is 6.08 Å². The maximum Gasteiger partial charge on any atom is 0.0978 e. The summed E-state index contributed by atoms with van der Waals surface area (Å²) in [6.45, 7) is 0. The summed E-state index contributed by atoms with van der Waals surface area (Å²) in [5.74, 6) is 0. The Balaban J connectivity index is 2.66. The second kappa shape index (κ2) is 4.39. The van der Waals surface area contributed by atoms with Gasteiger partial charge in [0.15, 0.2) is 0 Å². The van der Waals surface area contributed by atoms with Gasteiger partial charge in [-0.15, -0.1) is 0 Å². The molecule has 3 heteroatoms. The number of oxime groups is 1. The van der Waals surface area contributed by atoms with E-state index in [1.54, 1.807) is 0 Å². The topological polar surface area (TPSA) is 32.6 Å². The van der Waals surface area contributed by atoms with Crippen molar-refractivity contribution in [3.8, 4) is 0 Å². The van der Waals surface area contributed by atoms with Gasteiger partial charge in [-0.2, -0.15) is 0 Å². The second-order valence-electron chi connectivity index (χ2n) is 2.70. The molecule has 0 aliphatic heterocycles. The van der Waals surface area contributed by atoms with Crippen LogP contribution in [-0.4, -0.2) is 10.9 Å². The first-order valence-corrected chi connectivity index (χ1v) is 4.29. The number of hydrogen-bond donors (Lipinski definition) is 1. The fourth-order valence-electron chi connectivity index (χ4n) is 1.18. The molecule has 0 atom stereocenters. The Labute approximate surface area is 71.5 Å². The molecule has 62 valence electrons. The van der Waals surface area contributed by atoms with Crippen LogP contribution in [0.1, 0.15) is 32.1 Å². The maximum absolute atomic E-state index is 8.54. The van der Waals surface area contributed by atoms with Gasteiger partial charge >= 0.3 is 0 Å². The van der Waals surface area contributed by atoms with Crippen molar-refractivity contribution in [1.29, 1.82) is 0 Å². The molecule has 0 unspecified atom stereocenters. The summed E-state index contributed by atoms with van der Waals surface area (Å²) in [6.07, 6.45) is 7.18. The van der Waals surface area contributed by atoms with Crippen LogP contribution in [0.2, 0.25) is 0 Å². The van der Waals surface area contributed by atoms with E-state index < -0.39 is 0 Å². The first-order chi connectivity index (χ1) is 5.34. The quantitative estimate of drug-likeness (QED) is 0.444. The minimum atomic E-state index is 0.618. The molecule has 1 N–H and O–H groups in total. The Bertz CT molecular complexity index is 187. The molecule has 1 aliphatic rings. The molecular weight excluding hydrogens is 162 g/mol. The highest BCUT2D eigenvalue weighted by atomic mass is 35.5. The molecule has 11 heavy (non-hydrogen) atoms. The average molecular weight is 174 g/mol. The molecule has 2 nitrogen and oxygen atoms in total. The van der Waals surface area contributed by atoms with Crippen molar-refractivity contribution in [2.75, 3.05) is 0 Å². The summed E-state index contributed by atoms with van der Waals surface area (Å²) in [5, 5.41) is 12.3. The van der Waals surface area contributed by atoms with Crippen LogP contribution in [0, 0.1) is 0 Å². The standard InChI is InChI=1S/C8H12ClNO/c9-7-5-3-1-2-4-6-8(7)10-11/h5,11H,1-4,6H2/b7-5+,10-8+. The van der Waals surface area contributed by atoms with Crippen molar-refractivity contribution in [3.05, 3.63) is 11.1 Å². The largest absolute Gasteiger partial charge is 0.411 e. The lowest BCUT2D eigenvalue weighted by molar-refractivity contribution is 0.317. The summed E-state index contributed by atoms with van der Waals surface area (Å²) >= 11 is 5.83. The van der Waals surface area contributed by atoms with Crippen LogP contribution in [-0.2, 0) is 0 Å². The summed E-state index contributed by atoms with van der Waals surface area (Å²) < 4.78 is 0. The monoisotopic (exact) mass is 173 g/mol. The van der Waals surface area contributed by atoms with Gasteiger partial charge in [0.25, 0.3) is 0 Å². The zero-order chi connectivity index (χ0) is 8.10. The molecule has 0 heterocycles. The third-order valence-corrected chi connectivity index (χ3v) is 2.21. The van der Waals surface area contributed by atoms with Gasteiger partial charge in [0.05, 0.1) is 10.7 Å². The molecule has 0 aromatic heterocycles. The van der Waals surface area contributed by atoms with E-state index in [-0.39, 0.29) is 0 Å². The summed E-state index contributed by atoms with van der Waals surface area (Å²) in [4.78, 5) is 0. The van der Waals surface area contributed by atoms with Gasteiger partial charge in [-0.3, -0.25) is 0 Å². The fourth-order valence-corrected chi connectivity index (χ4v) is 1.42. The number of allylic oxidation sites excluding steroid dienone is 2. The molecule has 1 rings (SSSR count). The molecule has 0 saturated heterocycles. The van der Waals surface area contributed by atoms with Crippen LogP contribution in [0.5, 0.6) is 0 Å². The van der Waals surface area contributed by atoms with Crippen LogP contribution < -0.4 is 0 Å². The van der Waals surface area contributed by atoms with Crippen molar-refractivity contribution < 1.29 is 5.21 Å². The maximum atomic E-state index is 8.54. The first kappa shape index (κ1) is 8.60. The summed E-state index contributed by atoms with van der Waals surface area (Å²) in [6, 6.07) is 0. The number of halogens is 1. The van der Waals surface area contributed by atoms with Gasteiger partial charge in [-0.1, -0.05) is 29.3 Å². The molecule has 0 saturated carbocycles. The molecule has 0 amide bonds. The van der Waals surface area contributed by atoms with Gasteiger partial charge in [-0.25, -0.2) is 0 Å². The highest BCUT2D eigenvalue weighted by Crippen LogP contribution is 2.17. The smallest absolute Gasteiger partial charge is 0.0978 e. The van der Waals surface area contributed by atoms with Crippen molar-refractivity contribution in [2.24, 2.45) is 5.16 Å². The van der Waals surface area contributed by atoms with Gasteiger partial charge < -0.3 is 5.21 Å². The third-order valence-electron chi connectivity index (χ3n) is 1.84. The van der Waals surface area contributed by atoms with E-state index in [0.717, 1.165) is 19.3 Å². The number of nitrogens with zero attached hydrogens (tertiary/aromatic N) is 1. The van der Waals surface area contributed by atoms with Crippen LogP contribution in [0.3, 0.4) is 0 Å². The molecule has 1 aliphatic carbocycles. The predicted octanol–water partition coefficient (Wildman–Crippen LogP) is 2.90. The molecule has 0 spiro atoms. The van der Waals surface area contributed by atoms with Crippen molar-refractivity contribution in [3.63, 3.8) is 0 Å². The van der Waals surface area contributed by atoms with E-state index in [0.29, 0.717) is 10.7 Å². The van der Waals surface area contributed by atoms with Gasteiger partial charge in [0.1, 0.15) is 0 Å². The molecule has 0 bridgehead atoms. The van der Waals surface area contributed by atoms with Crippen LogP contribution in [0.4, 0.5) is 0 Å². The number of hydrogen-bond acceptors (Lipinski definition) is 2. The van der Waals surface area contributed by atoms with Crippen LogP contribution in [0.25, 0.3) is 0 Å². The zero-order valence-corrected chi connectivity index (χ0v) is 7.14. The predicted molar refractivity (Wildman–Crippen MR) is 46.2 cm³/mol. The fraction of sp³-hybridized carbons (Fsp3) is 0.625. The van der Waals surface area contributed by atoms with E-state index in [1.165, 1.54) is 12.8 Å². The zero-order valence-electron chi connectivity index (χ0n) is 6.39. The van der Waals surface area contributed by atoms with Gasteiger partial charge in [0.2, 0.25) is 0 Å². The lowest BCUT2D eigenvalue weighted by Crippen LogP contribution is -2.00. The molecular formula is C8H12ClNO. The van der Waals surface area contributed by atoms with Crippen LogP contribution in [0.15, 0.2) is 16.3 Å². The van der Waals surface area contributed by atoms with Crippen molar-refractivity contribution in [1.82, 2.24) is 0 Å². The minimum Gasteiger partial charge on any atom is -0.411 e. The Kier molecular flexibility index (Phi) is 3.43. The Morgan fingerprint density at radius 2 is 2.18 bits per heavy atom. The van der Waals surface area contributed by atoms with Crippen molar-refractivity contribution >= 4 is 17.3 Å². The number of rotatable bonds is 0. The van der Waals surface area contributed by atoms with E-state index in [9.17, 15) is 0 Å². The third kappa shape index (κ3) is 2.54. The molecule has 0 aromatic rings. The van der Waals surface area contributed by atoms with Crippen molar-refractivity contribution in [2.45, 2.75) is 32.1 Å². The SMILES string of the molecule is O/N=C1CCCCC/C=C\1Cl. The second-order valence-corrected chi connectivity index (χ2v) is 3.11. The molecule has 0 fully saturated rings. The minimum absolute atomic E-state index is 0.618. The Hall–Kier alpha value is -0.500. The normalized spacial score (nSPS) is 28.8. The summed E-state index contributed by atoms with van der Waals surface area (Å²) in [7, 11) is 0. The Morgan fingerprint density at radius 3 is 2.91 bits per heavy atom. The van der Waals surface area contributed by atoms with E-state index in [4.69, 9.17) is 16.8 Å². The lowest BCUT2D eigenvalue weighted by atomic mass is 10.0. The Morgan fingerprint density at radius 1 is 1.36 bits per heavy atom. The van der Waals surface area contributed by atoms with Gasteiger partial charge in [0, 0.05) is 0 Å². The lowest BCUT2D eigenvalue weighted by Gasteiger charge is -2.06. The summed E-state index contributed by atoms with van der Waals surface area (Å²) in [5.41, 5.74) is 0.631. The van der Waals surface area contributed by atoms with Gasteiger partial charge in [-0.05, 0) is 25.7 Å². The molecule has 0 aromatic carbocycles. The average Bonchev–Trinajstić information content (AvgIpc) is 1.98. The van der Waals surface area contributed by atoms with E-state index >= 15 is 0 Å². The van der Waals surface area contributed by atoms with Crippen LogP contribution >= 0.6 is 11.6 Å². The highest BCUT2D eigenvalue weighted by molar-refractivity contribution is 6.43. The molecule has 0 radical (unpaired) electrons. The first-order valence-electron chi connectivity index (χ1n) is 3.91. The van der Waals surface area contributed by atoms with E-state index in [2.05, 4.69) is 5.16 Å². The highest BCUT2D eigenvalue weighted by Gasteiger charge is 2.07.